The van der Waals surface area contributed by atoms with Gasteiger partial charge in [-0.05, 0) is 25.8 Å². The third-order valence-electron chi connectivity index (χ3n) is 4.30. The van der Waals surface area contributed by atoms with Crippen LogP contribution in [0.3, 0.4) is 0 Å². The summed E-state index contributed by atoms with van der Waals surface area (Å²) in [6.07, 6.45) is 4.72. The molecule has 2 N–H and O–H groups in total. The molecule has 26 heavy (non-hydrogen) atoms. The summed E-state index contributed by atoms with van der Waals surface area (Å²) in [5, 5.41) is 6.73. The summed E-state index contributed by atoms with van der Waals surface area (Å²) < 4.78 is 32.6. The van der Waals surface area contributed by atoms with Crippen molar-refractivity contribution in [2.24, 2.45) is 0 Å². The van der Waals surface area contributed by atoms with E-state index in [1.807, 2.05) is 6.92 Å². The molecular formula is C16H22N4O4S2. The predicted octanol–water partition coefficient (Wildman–Crippen LogP) is 2.01. The van der Waals surface area contributed by atoms with Crippen LogP contribution in [0.25, 0.3) is 10.7 Å². The van der Waals surface area contributed by atoms with Crippen molar-refractivity contribution in [2.45, 2.75) is 56.9 Å². The lowest BCUT2D eigenvalue weighted by molar-refractivity contribution is -0.120. The lowest BCUT2D eigenvalue weighted by Crippen LogP contribution is -2.40. The summed E-state index contributed by atoms with van der Waals surface area (Å²) in [6, 6.07) is 1.68. The zero-order valence-corrected chi connectivity index (χ0v) is 16.4. The third kappa shape index (κ3) is 4.30. The Bertz CT molecular complexity index is 882. The smallest absolute Gasteiger partial charge is 0.242 e. The Hall–Kier alpha value is -1.78. The molecule has 0 spiro atoms. The maximum Gasteiger partial charge on any atom is 0.242 e. The fraction of sp³-hybridized carbons (Fsp3) is 0.562. The van der Waals surface area contributed by atoms with Gasteiger partial charge in [0.25, 0.3) is 0 Å². The Kier molecular flexibility index (Phi) is 5.73. The predicted molar refractivity (Wildman–Crippen MR) is 97.3 cm³/mol. The van der Waals surface area contributed by atoms with Crippen LogP contribution in [0, 0.1) is 6.92 Å². The van der Waals surface area contributed by atoms with Crippen molar-refractivity contribution in [3.05, 3.63) is 16.8 Å². The van der Waals surface area contributed by atoms with Crippen LogP contribution in [0.15, 0.2) is 15.5 Å². The van der Waals surface area contributed by atoms with Crippen molar-refractivity contribution in [3.8, 4) is 10.7 Å². The molecule has 0 unspecified atom stereocenters. The molecule has 10 heteroatoms. The molecule has 2 aromatic heterocycles. The fourth-order valence-electron chi connectivity index (χ4n) is 2.93. The lowest BCUT2D eigenvalue weighted by Gasteiger charge is -2.12. The van der Waals surface area contributed by atoms with Crippen molar-refractivity contribution in [1.82, 2.24) is 20.2 Å². The zero-order valence-electron chi connectivity index (χ0n) is 14.7. The Balaban J connectivity index is 1.67. The van der Waals surface area contributed by atoms with Gasteiger partial charge in [0.1, 0.15) is 0 Å². The second-order valence-electron chi connectivity index (χ2n) is 6.27. The number of carbonyl (C=O) groups excluding carboxylic acids is 1. The maximum atomic E-state index is 12.6. The zero-order chi connectivity index (χ0) is 18.7. The molecule has 1 aliphatic carbocycles. The Morgan fingerprint density at radius 2 is 2.12 bits per heavy atom. The first kappa shape index (κ1) is 19.0. The van der Waals surface area contributed by atoms with Gasteiger partial charge in [0, 0.05) is 17.3 Å². The summed E-state index contributed by atoms with van der Waals surface area (Å²) in [7, 11) is -3.79. The highest BCUT2D eigenvalue weighted by atomic mass is 32.2. The van der Waals surface area contributed by atoms with Crippen LogP contribution in [-0.2, 0) is 21.2 Å². The molecule has 0 saturated heterocycles. The molecule has 0 radical (unpaired) electrons. The van der Waals surface area contributed by atoms with Gasteiger partial charge in [0.15, 0.2) is 0 Å². The molecule has 1 fully saturated rings. The maximum absolute atomic E-state index is 12.6. The molecule has 3 rings (SSSR count). The van der Waals surface area contributed by atoms with Crippen molar-refractivity contribution in [3.63, 3.8) is 0 Å². The summed E-state index contributed by atoms with van der Waals surface area (Å²) in [5.74, 6) is 0.562. The van der Waals surface area contributed by atoms with Gasteiger partial charge in [-0.25, -0.2) is 13.1 Å². The van der Waals surface area contributed by atoms with Gasteiger partial charge in [-0.3, -0.25) is 4.79 Å². The average molecular weight is 399 g/mol. The third-order valence-corrected chi connectivity index (χ3v) is 7.00. The highest BCUT2D eigenvalue weighted by Gasteiger charge is 2.24. The number of carbonyl (C=O) groups is 1. The number of hydrogen-bond acceptors (Lipinski definition) is 7. The normalized spacial score (nSPS) is 15.5. The quantitative estimate of drug-likeness (QED) is 0.737. The molecule has 0 atom stereocenters. The van der Waals surface area contributed by atoms with E-state index >= 15 is 0 Å². The number of aryl methyl sites for hydroxylation is 2. The van der Waals surface area contributed by atoms with Crippen molar-refractivity contribution in [2.75, 3.05) is 6.54 Å². The fourth-order valence-corrected chi connectivity index (χ4v) is 5.43. The molecule has 1 saturated carbocycles. The van der Waals surface area contributed by atoms with E-state index in [1.54, 1.807) is 6.92 Å². The van der Waals surface area contributed by atoms with Gasteiger partial charge < -0.3 is 9.84 Å². The summed E-state index contributed by atoms with van der Waals surface area (Å²) in [5.41, 5.74) is 0. The van der Waals surface area contributed by atoms with Gasteiger partial charge in [0.2, 0.25) is 27.6 Å². The van der Waals surface area contributed by atoms with Crippen LogP contribution >= 0.6 is 11.3 Å². The van der Waals surface area contributed by atoms with Gasteiger partial charge in [-0.2, -0.15) is 4.98 Å². The second-order valence-corrected chi connectivity index (χ2v) is 9.26. The van der Waals surface area contributed by atoms with Gasteiger partial charge in [-0.15, -0.1) is 11.3 Å². The van der Waals surface area contributed by atoms with Gasteiger partial charge in [-0.1, -0.05) is 24.9 Å². The van der Waals surface area contributed by atoms with Crippen molar-refractivity contribution < 1.29 is 17.7 Å². The topological polar surface area (TPSA) is 114 Å². The first-order valence-electron chi connectivity index (χ1n) is 8.61. The van der Waals surface area contributed by atoms with E-state index in [2.05, 4.69) is 20.2 Å². The number of sulfonamides is 1. The minimum absolute atomic E-state index is 0.133. The monoisotopic (exact) mass is 398 g/mol. The number of aromatic nitrogens is 2. The summed E-state index contributed by atoms with van der Waals surface area (Å²) in [6.45, 7) is 3.33. The van der Waals surface area contributed by atoms with E-state index in [9.17, 15) is 13.2 Å². The molecule has 142 valence electrons. The Labute approximate surface area is 156 Å². The summed E-state index contributed by atoms with van der Waals surface area (Å²) >= 11 is 1.27. The lowest BCUT2D eigenvalue weighted by atomic mass is 10.2. The van der Waals surface area contributed by atoms with Crippen LogP contribution in [0.2, 0.25) is 0 Å². The first-order valence-corrected chi connectivity index (χ1v) is 10.9. The average Bonchev–Trinajstić information content (AvgIpc) is 3.33. The number of nitrogens with zero attached hydrogens (tertiary/aromatic N) is 2. The SMILES string of the molecule is CCc1nc(-c2cc(S(=O)(=O)NCC(=O)NC3CCCC3)c(C)s2)no1. The number of amides is 1. The molecule has 0 bridgehead atoms. The molecule has 8 nitrogen and oxygen atoms in total. The standard InChI is InChI=1S/C16H22N4O4S2/c1-3-15-19-16(20-24-15)12-8-13(10(2)25-12)26(22,23)17-9-14(21)18-11-6-4-5-7-11/h8,11,17H,3-7,9H2,1-2H3,(H,18,21). The molecule has 2 aromatic rings. The van der Waals surface area contributed by atoms with Crippen LogP contribution in [0.4, 0.5) is 0 Å². The minimum Gasteiger partial charge on any atom is -0.352 e. The van der Waals surface area contributed by atoms with E-state index in [0.717, 1.165) is 25.7 Å². The van der Waals surface area contributed by atoms with E-state index in [0.29, 0.717) is 27.9 Å². The summed E-state index contributed by atoms with van der Waals surface area (Å²) in [4.78, 5) is 17.5. The number of nitrogens with one attached hydrogen (secondary N) is 2. The van der Waals surface area contributed by atoms with Crippen LogP contribution in [0.1, 0.15) is 43.4 Å². The van der Waals surface area contributed by atoms with E-state index in [4.69, 9.17) is 4.52 Å². The molecule has 2 heterocycles. The van der Waals surface area contributed by atoms with Gasteiger partial charge >= 0.3 is 0 Å². The molecule has 1 aliphatic rings. The second kappa shape index (κ2) is 7.85. The minimum atomic E-state index is -3.79. The molecular weight excluding hydrogens is 376 g/mol. The van der Waals surface area contributed by atoms with E-state index < -0.39 is 10.0 Å². The van der Waals surface area contributed by atoms with E-state index in [-0.39, 0.29) is 23.4 Å². The highest BCUT2D eigenvalue weighted by molar-refractivity contribution is 7.89. The Morgan fingerprint density at radius 3 is 2.77 bits per heavy atom. The van der Waals surface area contributed by atoms with Crippen LogP contribution < -0.4 is 10.0 Å². The molecule has 0 aromatic carbocycles. The number of rotatable bonds is 7. The molecule has 1 amide bonds. The highest BCUT2D eigenvalue weighted by Crippen LogP contribution is 2.32. The largest absolute Gasteiger partial charge is 0.352 e. The number of thiophene rings is 1. The Morgan fingerprint density at radius 1 is 1.38 bits per heavy atom. The van der Waals surface area contributed by atoms with Crippen molar-refractivity contribution >= 4 is 27.3 Å². The first-order chi connectivity index (χ1) is 12.4. The molecule has 0 aliphatic heterocycles. The van der Waals surface area contributed by atoms with Crippen LogP contribution in [0.5, 0.6) is 0 Å². The van der Waals surface area contributed by atoms with Crippen LogP contribution in [-0.4, -0.2) is 37.1 Å². The van der Waals surface area contributed by atoms with E-state index in [1.165, 1.54) is 17.4 Å². The van der Waals surface area contributed by atoms with Gasteiger partial charge in [0.05, 0.1) is 16.3 Å². The number of hydrogen-bond donors (Lipinski definition) is 2. The van der Waals surface area contributed by atoms with Crippen molar-refractivity contribution in [1.29, 1.82) is 0 Å².